The predicted molar refractivity (Wildman–Crippen MR) is 104 cm³/mol. The minimum atomic E-state index is -0.439. The van der Waals surface area contributed by atoms with Crippen LogP contribution in [0.15, 0.2) is 18.2 Å². The van der Waals surface area contributed by atoms with Gasteiger partial charge in [-0.25, -0.2) is 4.79 Å². The van der Waals surface area contributed by atoms with Gasteiger partial charge in [0, 0.05) is 22.7 Å². The van der Waals surface area contributed by atoms with Crippen LogP contribution in [0.4, 0.5) is 4.79 Å². The Labute approximate surface area is 158 Å². The molecule has 1 atom stereocenters. The maximum absolute atomic E-state index is 12.1. The normalized spacial score (nSPS) is 17.9. The smallest absolute Gasteiger partial charge is 0.410 e. The van der Waals surface area contributed by atoms with Gasteiger partial charge in [0.05, 0.1) is 7.11 Å². The molecule has 24 heavy (non-hydrogen) atoms. The molecular formula is C18H27IN2O3. The summed E-state index contributed by atoms with van der Waals surface area (Å²) in [7, 11) is 1.69. The van der Waals surface area contributed by atoms with Crippen molar-refractivity contribution in [3.05, 3.63) is 27.3 Å². The Bertz CT molecular complexity index is 572. The van der Waals surface area contributed by atoms with Crippen molar-refractivity contribution in [1.29, 1.82) is 0 Å². The molecule has 0 radical (unpaired) electrons. The number of halogens is 1. The zero-order valence-corrected chi connectivity index (χ0v) is 17.1. The summed E-state index contributed by atoms with van der Waals surface area (Å²) in [5, 5.41) is 3.55. The molecule has 0 unspecified atom stereocenters. The molecule has 1 N–H and O–H groups in total. The number of likely N-dealkylation sites (tertiary alicyclic amines) is 1. The van der Waals surface area contributed by atoms with Crippen LogP contribution >= 0.6 is 22.6 Å². The molecule has 134 valence electrons. The first-order valence-corrected chi connectivity index (χ1v) is 9.40. The van der Waals surface area contributed by atoms with Gasteiger partial charge in [-0.3, -0.25) is 0 Å². The fourth-order valence-electron chi connectivity index (χ4n) is 2.70. The number of benzene rings is 1. The molecule has 0 aliphatic carbocycles. The van der Waals surface area contributed by atoms with Crippen LogP contribution in [0.2, 0.25) is 0 Å². The Kier molecular flexibility index (Phi) is 6.74. The summed E-state index contributed by atoms with van der Waals surface area (Å²) < 4.78 is 12.0. The number of methoxy groups -OCH3 is 1. The van der Waals surface area contributed by atoms with E-state index in [-0.39, 0.29) is 6.09 Å². The highest BCUT2D eigenvalue weighted by molar-refractivity contribution is 14.1. The third-order valence-corrected chi connectivity index (χ3v) is 4.97. The first-order chi connectivity index (χ1) is 11.3. The zero-order valence-electron chi connectivity index (χ0n) is 14.9. The first-order valence-electron chi connectivity index (χ1n) is 8.32. The van der Waals surface area contributed by atoms with Gasteiger partial charge in [-0.05, 0) is 86.5 Å². The molecule has 0 saturated carbocycles. The molecule has 0 aromatic heterocycles. The lowest BCUT2D eigenvalue weighted by atomic mass is 10.1. The molecule has 0 bridgehead atoms. The number of rotatable bonds is 5. The summed E-state index contributed by atoms with van der Waals surface area (Å²) in [6.07, 6.45) is 1.70. The van der Waals surface area contributed by atoms with Crippen LogP contribution in [0.5, 0.6) is 5.75 Å². The number of carbonyl (C=O) groups is 1. The molecule has 1 aromatic carbocycles. The van der Waals surface area contributed by atoms with E-state index in [0.717, 1.165) is 31.7 Å². The highest BCUT2D eigenvalue weighted by Gasteiger charge is 2.29. The average molecular weight is 446 g/mol. The highest BCUT2D eigenvalue weighted by Crippen LogP contribution is 2.20. The number of hydrogen-bond acceptors (Lipinski definition) is 4. The average Bonchev–Trinajstić information content (AvgIpc) is 2.96. The summed E-state index contributed by atoms with van der Waals surface area (Å²) >= 11 is 2.35. The molecule has 1 saturated heterocycles. The standard InChI is InChI=1S/C18H27IN2O3/c1-18(2,3)24-17(22)21-10-8-14(12-21)20-9-7-13-11-15(23-4)5-6-16(13)19/h5-6,11,14,20H,7-10,12H2,1-4H3/t14-/m0/s1. The van der Waals surface area contributed by atoms with Gasteiger partial charge in [-0.1, -0.05) is 0 Å². The molecule has 1 aliphatic rings. The van der Waals surface area contributed by atoms with Gasteiger partial charge in [0.1, 0.15) is 11.4 Å². The van der Waals surface area contributed by atoms with Crippen molar-refractivity contribution in [3.8, 4) is 5.75 Å². The van der Waals surface area contributed by atoms with Crippen molar-refractivity contribution in [2.24, 2.45) is 0 Å². The molecule has 1 aliphatic heterocycles. The van der Waals surface area contributed by atoms with Crippen molar-refractivity contribution >= 4 is 28.7 Å². The maximum Gasteiger partial charge on any atom is 0.410 e. The Morgan fingerprint density at radius 2 is 2.17 bits per heavy atom. The minimum absolute atomic E-state index is 0.214. The Morgan fingerprint density at radius 3 is 2.83 bits per heavy atom. The lowest BCUT2D eigenvalue weighted by molar-refractivity contribution is 0.0291. The van der Waals surface area contributed by atoms with Gasteiger partial charge in [0.25, 0.3) is 0 Å². The van der Waals surface area contributed by atoms with E-state index in [9.17, 15) is 4.79 Å². The molecule has 1 heterocycles. The summed E-state index contributed by atoms with van der Waals surface area (Å²) in [6.45, 7) is 8.04. The second-order valence-electron chi connectivity index (χ2n) is 7.07. The topological polar surface area (TPSA) is 50.8 Å². The number of ether oxygens (including phenoxy) is 2. The van der Waals surface area contributed by atoms with Gasteiger partial charge in [0.15, 0.2) is 0 Å². The van der Waals surface area contributed by atoms with Crippen LogP contribution in [0.25, 0.3) is 0 Å². The SMILES string of the molecule is COc1ccc(I)c(CCN[C@H]2CCN(C(=O)OC(C)(C)C)C2)c1. The zero-order chi connectivity index (χ0) is 17.7. The van der Waals surface area contributed by atoms with Crippen molar-refractivity contribution in [2.75, 3.05) is 26.7 Å². The van der Waals surface area contributed by atoms with Gasteiger partial charge < -0.3 is 19.7 Å². The molecule has 2 rings (SSSR count). The van der Waals surface area contributed by atoms with E-state index in [4.69, 9.17) is 9.47 Å². The fraction of sp³-hybridized carbons (Fsp3) is 0.611. The third kappa shape index (κ3) is 5.81. The number of nitrogens with zero attached hydrogens (tertiary/aromatic N) is 1. The van der Waals surface area contributed by atoms with Gasteiger partial charge in [-0.15, -0.1) is 0 Å². The fourth-order valence-corrected chi connectivity index (χ4v) is 3.31. The minimum Gasteiger partial charge on any atom is -0.497 e. The summed E-state index contributed by atoms with van der Waals surface area (Å²) in [5.74, 6) is 0.891. The van der Waals surface area contributed by atoms with Crippen LogP contribution < -0.4 is 10.1 Å². The van der Waals surface area contributed by atoms with Gasteiger partial charge >= 0.3 is 6.09 Å². The van der Waals surface area contributed by atoms with Crippen LogP contribution in [0, 0.1) is 3.57 Å². The van der Waals surface area contributed by atoms with E-state index in [2.05, 4.69) is 40.0 Å². The van der Waals surface area contributed by atoms with Gasteiger partial charge in [-0.2, -0.15) is 0 Å². The van der Waals surface area contributed by atoms with Gasteiger partial charge in [0.2, 0.25) is 0 Å². The second kappa shape index (κ2) is 8.38. The van der Waals surface area contributed by atoms with E-state index in [1.165, 1.54) is 9.13 Å². The summed E-state index contributed by atoms with van der Waals surface area (Å²) in [6, 6.07) is 6.48. The van der Waals surface area contributed by atoms with Crippen LogP contribution in [-0.4, -0.2) is 49.4 Å². The lowest BCUT2D eigenvalue weighted by Gasteiger charge is -2.24. The molecule has 6 heteroatoms. The predicted octanol–water partition coefficient (Wildman–Crippen LogP) is 3.44. The molecular weight excluding hydrogens is 419 g/mol. The Morgan fingerprint density at radius 1 is 1.42 bits per heavy atom. The molecule has 1 aromatic rings. The maximum atomic E-state index is 12.1. The van der Waals surface area contributed by atoms with E-state index >= 15 is 0 Å². The molecule has 0 spiro atoms. The van der Waals surface area contributed by atoms with E-state index in [1.807, 2.05) is 26.8 Å². The third-order valence-electron chi connectivity index (χ3n) is 3.92. The first kappa shape index (κ1) is 19.3. The highest BCUT2D eigenvalue weighted by atomic mass is 127. The van der Waals surface area contributed by atoms with Crippen molar-refractivity contribution in [3.63, 3.8) is 0 Å². The van der Waals surface area contributed by atoms with Crippen LogP contribution in [0.3, 0.4) is 0 Å². The molecule has 1 fully saturated rings. The van der Waals surface area contributed by atoms with E-state index in [1.54, 1.807) is 12.0 Å². The van der Waals surface area contributed by atoms with Crippen molar-refractivity contribution < 1.29 is 14.3 Å². The van der Waals surface area contributed by atoms with Crippen LogP contribution in [-0.2, 0) is 11.2 Å². The van der Waals surface area contributed by atoms with E-state index < -0.39 is 5.60 Å². The monoisotopic (exact) mass is 446 g/mol. The number of hydrogen-bond donors (Lipinski definition) is 1. The number of nitrogens with one attached hydrogen (secondary N) is 1. The molecule has 5 nitrogen and oxygen atoms in total. The van der Waals surface area contributed by atoms with Crippen molar-refractivity contribution in [1.82, 2.24) is 10.2 Å². The molecule has 1 amide bonds. The number of amides is 1. The van der Waals surface area contributed by atoms with Crippen LogP contribution in [0.1, 0.15) is 32.8 Å². The number of carbonyl (C=O) groups excluding carboxylic acids is 1. The Hall–Kier alpha value is -1.02. The Balaban J connectivity index is 1.77. The summed E-state index contributed by atoms with van der Waals surface area (Å²) in [5.41, 5.74) is 0.843. The van der Waals surface area contributed by atoms with Crippen molar-refractivity contribution in [2.45, 2.75) is 45.3 Å². The quantitative estimate of drug-likeness (QED) is 0.705. The van der Waals surface area contributed by atoms with E-state index in [0.29, 0.717) is 12.6 Å². The second-order valence-corrected chi connectivity index (χ2v) is 8.24. The lowest BCUT2D eigenvalue weighted by Crippen LogP contribution is -2.38. The summed E-state index contributed by atoms with van der Waals surface area (Å²) in [4.78, 5) is 13.9. The largest absolute Gasteiger partial charge is 0.497 e.